The van der Waals surface area contributed by atoms with E-state index in [0.29, 0.717) is 19.2 Å². The van der Waals surface area contributed by atoms with E-state index in [0.717, 1.165) is 29.0 Å². The SMILES string of the molecule is Cc1nc2ccccc2n1CCNC(=O)CNC(=O)c1ccc(F)cc1F. The van der Waals surface area contributed by atoms with E-state index in [1.54, 1.807) is 0 Å². The Hall–Kier alpha value is -3.29. The fraction of sp³-hybridized carbons (Fsp3) is 0.211. The molecule has 2 aromatic carbocycles. The molecule has 3 aromatic rings. The fourth-order valence-electron chi connectivity index (χ4n) is 2.78. The molecule has 1 aromatic heterocycles. The minimum atomic E-state index is -0.977. The topological polar surface area (TPSA) is 76.0 Å². The normalized spacial score (nSPS) is 10.8. The van der Waals surface area contributed by atoms with Gasteiger partial charge in [0.2, 0.25) is 5.91 Å². The zero-order chi connectivity index (χ0) is 19.4. The number of carbonyl (C=O) groups excluding carboxylic acids is 2. The van der Waals surface area contributed by atoms with Crippen molar-refractivity contribution in [1.29, 1.82) is 0 Å². The van der Waals surface area contributed by atoms with Gasteiger partial charge in [0.1, 0.15) is 17.5 Å². The molecule has 0 saturated heterocycles. The number of hydrogen-bond acceptors (Lipinski definition) is 3. The highest BCUT2D eigenvalue weighted by Crippen LogP contribution is 2.14. The van der Waals surface area contributed by atoms with Crippen molar-refractivity contribution in [3.8, 4) is 0 Å². The molecule has 2 N–H and O–H groups in total. The maximum Gasteiger partial charge on any atom is 0.254 e. The summed E-state index contributed by atoms with van der Waals surface area (Å²) in [5.74, 6) is -2.10. The Labute approximate surface area is 154 Å². The van der Waals surface area contributed by atoms with Crippen LogP contribution in [0.1, 0.15) is 16.2 Å². The van der Waals surface area contributed by atoms with Crippen LogP contribution in [0.4, 0.5) is 8.78 Å². The number of fused-ring (bicyclic) bond motifs is 1. The smallest absolute Gasteiger partial charge is 0.254 e. The van der Waals surface area contributed by atoms with E-state index in [2.05, 4.69) is 15.6 Å². The molecule has 0 spiro atoms. The second-order valence-corrected chi connectivity index (χ2v) is 5.96. The predicted molar refractivity (Wildman–Crippen MR) is 96.2 cm³/mol. The number of nitrogens with zero attached hydrogens (tertiary/aromatic N) is 2. The number of imidazole rings is 1. The molecule has 140 valence electrons. The van der Waals surface area contributed by atoms with Crippen LogP contribution >= 0.6 is 0 Å². The summed E-state index contributed by atoms with van der Waals surface area (Å²) in [6.07, 6.45) is 0. The molecule has 0 radical (unpaired) electrons. The number of benzene rings is 2. The van der Waals surface area contributed by atoms with Gasteiger partial charge in [-0.1, -0.05) is 12.1 Å². The molecule has 8 heteroatoms. The van der Waals surface area contributed by atoms with Crippen LogP contribution in [-0.4, -0.2) is 34.5 Å². The molecule has 0 bridgehead atoms. The molecule has 0 fully saturated rings. The molecular formula is C19H18F2N4O2. The van der Waals surface area contributed by atoms with Gasteiger partial charge in [-0.3, -0.25) is 9.59 Å². The summed E-state index contributed by atoms with van der Waals surface area (Å²) in [7, 11) is 0. The molecular weight excluding hydrogens is 354 g/mol. The van der Waals surface area contributed by atoms with E-state index in [1.165, 1.54) is 0 Å². The predicted octanol–water partition coefficient (Wildman–Crippen LogP) is 2.17. The van der Waals surface area contributed by atoms with Crippen LogP contribution in [0.5, 0.6) is 0 Å². The zero-order valence-corrected chi connectivity index (χ0v) is 14.6. The van der Waals surface area contributed by atoms with Gasteiger partial charge in [0.25, 0.3) is 5.91 Å². The molecule has 0 aliphatic heterocycles. The monoisotopic (exact) mass is 372 g/mol. The summed E-state index contributed by atoms with van der Waals surface area (Å²) >= 11 is 0. The van der Waals surface area contributed by atoms with Gasteiger partial charge in [-0.25, -0.2) is 13.8 Å². The standard InChI is InChI=1S/C19H18F2N4O2/c1-12-24-16-4-2-3-5-17(16)25(12)9-8-22-18(26)11-23-19(27)14-7-6-13(20)10-15(14)21/h2-7,10H,8-9,11H2,1H3,(H,22,26)(H,23,27). The molecule has 0 aliphatic carbocycles. The number of para-hydroxylation sites is 2. The second kappa shape index (κ2) is 7.94. The lowest BCUT2D eigenvalue weighted by molar-refractivity contribution is -0.120. The third kappa shape index (κ3) is 4.28. The fourth-order valence-corrected chi connectivity index (χ4v) is 2.78. The Morgan fingerprint density at radius 1 is 1.11 bits per heavy atom. The molecule has 2 amide bonds. The number of carbonyl (C=O) groups is 2. The van der Waals surface area contributed by atoms with Gasteiger partial charge in [0.05, 0.1) is 23.1 Å². The highest BCUT2D eigenvalue weighted by molar-refractivity contribution is 5.96. The highest BCUT2D eigenvalue weighted by atomic mass is 19.1. The third-order valence-corrected chi connectivity index (χ3v) is 4.09. The number of hydrogen-bond donors (Lipinski definition) is 2. The maximum atomic E-state index is 13.5. The first kappa shape index (κ1) is 18.5. The Morgan fingerprint density at radius 2 is 1.89 bits per heavy atom. The van der Waals surface area contributed by atoms with Crippen molar-refractivity contribution in [2.24, 2.45) is 0 Å². The van der Waals surface area contributed by atoms with E-state index in [-0.39, 0.29) is 12.1 Å². The Morgan fingerprint density at radius 3 is 2.67 bits per heavy atom. The van der Waals surface area contributed by atoms with Gasteiger partial charge < -0.3 is 15.2 Å². The van der Waals surface area contributed by atoms with Gasteiger partial charge >= 0.3 is 0 Å². The maximum absolute atomic E-state index is 13.5. The molecule has 6 nitrogen and oxygen atoms in total. The average Bonchev–Trinajstić information content (AvgIpc) is 2.95. The Bertz CT molecular complexity index is 1000. The van der Waals surface area contributed by atoms with Crippen molar-refractivity contribution in [2.75, 3.05) is 13.1 Å². The zero-order valence-electron chi connectivity index (χ0n) is 14.6. The average molecular weight is 372 g/mol. The number of aromatic nitrogens is 2. The summed E-state index contributed by atoms with van der Waals surface area (Å²) in [5, 5.41) is 5.00. The van der Waals surface area contributed by atoms with Crippen molar-refractivity contribution in [3.63, 3.8) is 0 Å². The van der Waals surface area contributed by atoms with Gasteiger partial charge in [-0.15, -0.1) is 0 Å². The van der Waals surface area contributed by atoms with Crippen molar-refractivity contribution in [2.45, 2.75) is 13.5 Å². The molecule has 27 heavy (non-hydrogen) atoms. The Kier molecular flexibility index (Phi) is 5.44. The lowest BCUT2D eigenvalue weighted by Gasteiger charge is -2.10. The number of rotatable bonds is 6. The van der Waals surface area contributed by atoms with Crippen LogP contribution in [0.25, 0.3) is 11.0 Å². The first-order chi connectivity index (χ1) is 13.0. The van der Waals surface area contributed by atoms with Crippen molar-refractivity contribution in [3.05, 3.63) is 65.5 Å². The van der Waals surface area contributed by atoms with Crippen molar-refractivity contribution in [1.82, 2.24) is 20.2 Å². The van der Waals surface area contributed by atoms with E-state index < -0.39 is 23.4 Å². The van der Waals surface area contributed by atoms with Crippen LogP contribution in [-0.2, 0) is 11.3 Å². The summed E-state index contributed by atoms with van der Waals surface area (Å²) in [4.78, 5) is 28.2. The number of aryl methyl sites for hydroxylation is 1. The molecule has 0 aliphatic rings. The van der Waals surface area contributed by atoms with Gasteiger partial charge in [-0.2, -0.15) is 0 Å². The minimum absolute atomic E-state index is 0.306. The summed E-state index contributed by atoms with van der Waals surface area (Å²) in [6, 6.07) is 10.3. The van der Waals surface area contributed by atoms with Crippen molar-refractivity contribution >= 4 is 22.8 Å². The first-order valence-electron chi connectivity index (χ1n) is 8.37. The molecule has 3 rings (SSSR count). The number of amides is 2. The minimum Gasteiger partial charge on any atom is -0.353 e. The second-order valence-electron chi connectivity index (χ2n) is 5.96. The van der Waals surface area contributed by atoms with Crippen LogP contribution in [0.3, 0.4) is 0 Å². The van der Waals surface area contributed by atoms with Gasteiger partial charge in [-0.05, 0) is 31.2 Å². The number of nitrogens with one attached hydrogen (secondary N) is 2. The molecule has 0 atom stereocenters. The lowest BCUT2D eigenvalue weighted by atomic mass is 10.2. The van der Waals surface area contributed by atoms with E-state index >= 15 is 0 Å². The van der Waals surface area contributed by atoms with Gasteiger partial charge in [0, 0.05) is 19.2 Å². The lowest BCUT2D eigenvalue weighted by Crippen LogP contribution is -2.38. The Balaban J connectivity index is 1.50. The van der Waals surface area contributed by atoms with E-state index in [9.17, 15) is 18.4 Å². The number of halogens is 2. The quantitative estimate of drug-likeness (QED) is 0.696. The van der Waals surface area contributed by atoms with Gasteiger partial charge in [0.15, 0.2) is 0 Å². The summed E-state index contributed by atoms with van der Waals surface area (Å²) in [6.45, 7) is 2.46. The first-order valence-corrected chi connectivity index (χ1v) is 8.37. The van der Waals surface area contributed by atoms with Crippen LogP contribution in [0, 0.1) is 18.6 Å². The summed E-state index contributed by atoms with van der Waals surface area (Å²) < 4.78 is 28.4. The third-order valence-electron chi connectivity index (χ3n) is 4.09. The molecule has 0 unspecified atom stereocenters. The highest BCUT2D eigenvalue weighted by Gasteiger charge is 2.13. The van der Waals surface area contributed by atoms with Crippen LogP contribution in [0.2, 0.25) is 0 Å². The van der Waals surface area contributed by atoms with Crippen molar-refractivity contribution < 1.29 is 18.4 Å². The molecule has 1 heterocycles. The van der Waals surface area contributed by atoms with E-state index in [4.69, 9.17) is 0 Å². The van der Waals surface area contributed by atoms with Crippen LogP contribution in [0.15, 0.2) is 42.5 Å². The summed E-state index contributed by atoms with van der Waals surface area (Å²) in [5.41, 5.74) is 1.55. The largest absolute Gasteiger partial charge is 0.353 e. The van der Waals surface area contributed by atoms with E-state index in [1.807, 2.05) is 35.8 Å². The van der Waals surface area contributed by atoms with Crippen LogP contribution < -0.4 is 10.6 Å². The molecule has 0 saturated carbocycles.